The minimum Gasteiger partial charge on any atom is -0.384 e. The van der Waals surface area contributed by atoms with Crippen molar-refractivity contribution in [1.82, 2.24) is 9.88 Å². The number of rotatable bonds is 10. The van der Waals surface area contributed by atoms with Gasteiger partial charge in [0.05, 0.1) is 5.52 Å². The second-order valence-electron chi connectivity index (χ2n) is 8.56. The third kappa shape index (κ3) is 6.47. The van der Waals surface area contributed by atoms with E-state index in [-0.39, 0.29) is 0 Å². The molecular formula is C28H31ClN4. The lowest BCUT2D eigenvalue weighted by Crippen LogP contribution is -2.25. The molecule has 0 radical (unpaired) electrons. The first kappa shape index (κ1) is 23.1. The van der Waals surface area contributed by atoms with Crippen LogP contribution < -0.4 is 10.2 Å². The van der Waals surface area contributed by atoms with E-state index in [0.29, 0.717) is 5.02 Å². The van der Waals surface area contributed by atoms with E-state index < -0.39 is 0 Å². The van der Waals surface area contributed by atoms with Crippen LogP contribution in [0.4, 0.5) is 11.4 Å². The summed E-state index contributed by atoms with van der Waals surface area (Å²) in [6.45, 7) is 3.77. The molecule has 0 saturated carbocycles. The van der Waals surface area contributed by atoms with Gasteiger partial charge >= 0.3 is 0 Å². The van der Waals surface area contributed by atoms with Gasteiger partial charge in [0.1, 0.15) is 0 Å². The number of nitrogens with zero attached hydrogens (tertiary/aromatic N) is 3. The largest absolute Gasteiger partial charge is 0.384 e. The lowest BCUT2D eigenvalue weighted by molar-refractivity contribution is 0.256. The summed E-state index contributed by atoms with van der Waals surface area (Å²) >= 11 is 6.12. The zero-order valence-electron chi connectivity index (χ0n) is 19.3. The van der Waals surface area contributed by atoms with Crippen molar-refractivity contribution >= 4 is 33.9 Å². The fourth-order valence-electron chi connectivity index (χ4n) is 4.01. The molecule has 4 nitrogen and oxygen atoms in total. The predicted molar refractivity (Wildman–Crippen MR) is 141 cm³/mol. The number of hydrogen-bond donors (Lipinski definition) is 1. The van der Waals surface area contributed by atoms with E-state index >= 15 is 0 Å². The molecule has 0 unspecified atom stereocenters. The number of nitrogens with one attached hydrogen (secondary N) is 1. The van der Waals surface area contributed by atoms with Crippen LogP contribution in [0.3, 0.4) is 0 Å². The zero-order valence-corrected chi connectivity index (χ0v) is 20.1. The van der Waals surface area contributed by atoms with E-state index in [1.54, 1.807) is 0 Å². The molecule has 0 aliphatic heterocycles. The molecule has 4 rings (SSSR count). The topological polar surface area (TPSA) is 31.4 Å². The Bertz CT molecular complexity index is 1160. The van der Waals surface area contributed by atoms with Crippen LogP contribution in [0.25, 0.3) is 10.9 Å². The number of pyridine rings is 1. The summed E-state index contributed by atoms with van der Waals surface area (Å²) in [6, 6.07) is 27.5. The Morgan fingerprint density at radius 1 is 0.848 bits per heavy atom. The average molecular weight is 459 g/mol. The summed E-state index contributed by atoms with van der Waals surface area (Å²) in [4.78, 5) is 9.09. The monoisotopic (exact) mass is 458 g/mol. The molecular weight excluding hydrogens is 428 g/mol. The molecule has 0 aliphatic rings. The summed E-state index contributed by atoms with van der Waals surface area (Å²) in [5.41, 5.74) is 5.92. The summed E-state index contributed by atoms with van der Waals surface area (Å²) < 4.78 is 0. The molecule has 1 heterocycles. The summed E-state index contributed by atoms with van der Waals surface area (Å²) in [5, 5.41) is 5.41. The Labute approximate surface area is 201 Å². The van der Waals surface area contributed by atoms with Crippen molar-refractivity contribution < 1.29 is 0 Å². The predicted octanol–water partition coefficient (Wildman–Crippen LogP) is 6.46. The number of anilines is 2. The first-order valence-electron chi connectivity index (χ1n) is 11.4. The standard InChI is InChI=1S/C28H31ClN4/c1-32(2)25-12-9-23(10-13-25)21-33(20-22-7-4-3-5-8-22)18-6-16-30-27-15-17-31-28-19-24(29)11-14-26(27)28/h3-5,7-15,17,19H,6,16,18,20-21H2,1-2H3,(H,30,31). The maximum Gasteiger partial charge on any atom is 0.0737 e. The molecule has 170 valence electrons. The lowest BCUT2D eigenvalue weighted by atomic mass is 10.1. The van der Waals surface area contributed by atoms with E-state index in [9.17, 15) is 0 Å². The van der Waals surface area contributed by atoms with Gasteiger partial charge in [0.15, 0.2) is 0 Å². The van der Waals surface area contributed by atoms with E-state index in [2.05, 4.69) is 88.8 Å². The lowest BCUT2D eigenvalue weighted by Gasteiger charge is -2.23. The highest BCUT2D eigenvalue weighted by molar-refractivity contribution is 6.31. The second kappa shape index (κ2) is 11.2. The second-order valence-corrected chi connectivity index (χ2v) is 8.99. The smallest absolute Gasteiger partial charge is 0.0737 e. The summed E-state index contributed by atoms with van der Waals surface area (Å²) in [7, 11) is 4.15. The van der Waals surface area contributed by atoms with E-state index in [1.165, 1.54) is 16.8 Å². The third-order valence-electron chi connectivity index (χ3n) is 5.78. The molecule has 0 atom stereocenters. The Morgan fingerprint density at radius 3 is 2.30 bits per heavy atom. The van der Waals surface area contributed by atoms with Crippen LogP contribution >= 0.6 is 11.6 Å². The molecule has 0 fully saturated rings. The molecule has 1 N–H and O–H groups in total. The summed E-state index contributed by atoms with van der Waals surface area (Å²) in [6.07, 6.45) is 2.88. The minimum absolute atomic E-state index is 0.710. The van der Waals surface area contributed by atoms with Crippen molar-refractivity contribution in [3.8, 4) is 0 Å². The van der Waals surface area contributed by atoms with Gasteiger partial charge in [0, 0.05) is 68.3 Å². The third-order valence-corrected chi connectivity index (χ3v) is 6.01. The summed E-state index contributed by atoms with van der Waals surface area (Å²) in [5.74, 6) is 0. The van der Waals surface area contributed by atoms with Crippen molar-refractivity contribution in [1.29, 1.82) is 0 Å². The van der Waals surface area contributed by atoms with Gasteiger partial charge in [0.2, 0.25) is 0 Å². The molecule has 3 aromatic carbocycles. The van der Waals surface area contributed by atoms with Gasteiger partial charge in [-0.25, -0.2) is 0 Å². The van der Waals surface area contributed by atoms with Crippen LogP contribution in [0.2, 0.25) is 5.02 Å². The number of benzene rings is 3. The van der Waals surface area contributed by atoms with Gasteiger partial charge in [-0.3, -0.25) is 9.88 Å². The van der Waals surface area contributed by atoms with Gasteiger partial charge < -0.3 is 10.2 Å². The highest BCUT2D eigenvalue weighted by atomic mass is 35.5. The Kier molecular flexibility index (Phi) is 7.82. The van der Waals surface area contributed by atoms with Crippen LogP contribution in [0, 0.1) is 0 Å². The van der Waals surface area contributed by atoms with Crippen LogP contribution in [0.15, 0.2) is 85.1 Å². The van der Waals surface area contributed by atoms with Gasteiger partial charge in [0.25, 0.3) is 0 Å². The Balaban J connectivity index is 1.39. The van der Waals surface area contributed by atoms with Gasteiger partial charge in [-0.15, -0.1) is 0 Å². The molecule has 1 aromatic heterocycles. The van der Waals surface area contributed by atoms with Crippen molar-refractivity contribution in [2.75, 3.05) is 37.4 Å². The SMILES string of the molecule is CN(C)c1ccc(CN(CCCNc2ccnc3cc(Cl)ccc23)Cc2ccccc2)cc1. The fourth-order valence-corrected chi connectivity index (χ4v) is 4.18. The number of aromatic nitrogens is 1. The molecule has 0 saturated heterocycles. The molecule has 0 spiro atoms. The first-order chi connectivity index (χ1) is 16.1. The number of halogens is 1. The van der Waals surface area contributed by atoms with Crippen molar-refractivity contribution in [3.63, 3.8) is 0 Å². The van der Waals surface area contributed by atoms with Crippen LogP contribution in [-0.2, 0) is 13.1 Å². The van der Waals surface area contributed by atoms with Gasteiger partial charge in [-0.1, -0.05) is 54.1 Å². The van der Waals surface area contributed by atoms with Crippen molar-refractivity contribution in [3.05, 3.63) is 101 Å². The molecule has 0 amide bonds. The quantitative estimate of drug-likeness (QED) is 0.276. The van der Waals surface area contributed by atoms with Crippen molar-refractivity contribution in [2.45, 2.75) is 19.5 Å². The maximum absolute atomic E-state index is 6.12. The normalized spacial score (nSPS) is 11.2. The average Bonchev–Trinajstić information content (AvgIpc) is 2.82. The van der Waals surface area contributed by atoms with Crippen LogP contribution in [-0.4, -0.2) is 37.1 Å². The van der Waals surface area contributed by atoms with Crippen LogP contribution in [0.5, 0.6) is 0 Å². The van der Waals surface area contributed by atoms with Gasteiger partial charge in [-0.05, 0) is 53.9 Å². The Hall–Kier alpha value is -3.08. The molecule has 0 bridgehead atoms. The first-order valence-corrected chi connectivity index (χ1v) is 11.8. The maximum atomic E-state index is 6.12. The number of fused-ring (bicyclic) bond motifs is 1. The fraction of sp³-hybridized carbons (Fsp3) is 0.250. The van der Waals surface area contributed by atoms with E-state index in [1.807, 2.05) is 30.5 Å². The van der Waals surface area contributed by atoms with Gasteiger partial charge in [-0.2, -0.15) is 0 Å². The van der Waals surface area contributed by atoms with E-state index in [0.717, 1.165) is 49.2 Å². The van der Waals surface area contributed by atoms with Crippen LogP contribution in [0.1, 0.15) is 17.5 Å². The zero-order chi connectivity index (χ0) is 23.0. The van der Waals surface area contributed by atoms with E-state index in [4.69, 9.17) is 11.6 Å². The highest BCUT2D eigenvalue weighted by Gasteiger charge is 2.09. The molecule has 5 heteroatoms. The minimum atomic E-state index is 0.710. The molecule has 4 aromatic rings. The highest BCUT2D eigenvalue weighted by Crippen LogP contribution is 2.24. The molecule has 33 heavy (non-hydrogen) atoms. The number of hydrogen-bond acceptors (Lipinski definition) is 4. The van der Waals surface area contributed by atoms with Crippen molar-refractivity contribution in [2.24, 2.45) is 0 Å². The Morgan fingerprint density at radius 2 is 1.58 bits per heavy atom. The molecule has 0 aliphatic carbocycles.